The van der Waals surface area contributed by atoms with Crippen LogP contribution >= 0.6 is 0 Å². The molecule has 10 nitrogen and oxygen atoms in total. The fourth-order valence-electron chi connectivity index (χ4n) is 5.10. The molecule has 1 amide bonds. The highest BCUT2D eigenvalue weighted by Gasteiger charge is 2.19. The zero-order valence-corrected chi connectivity index (χ0v) is 28.1. The number of hydrogen-bond donors (Lipinski definition) is 1. The second kappa shape index (κ2) is 18.3. The molecule has 0 radical (unpaired) electrons. The average Bonchev–Trinajstić information content (AvgIpc) is 3.33. The molecule has 0 bridgehead atoms. The minimum atomic E-state index is -0.114. The van der Waals surface area contributed by atoms with Gasteiger partial charge in [-0.15, -0.1) is 5.48 Å². The van der Waals surface area contributed by atoms with Crippen LogP contribution in [0.15, 0.2) is 76.2 Å². The molecule has 1 unspecified atom stereocenters. The minimum Gasteiger partial charge on any atom is -0.493 e. The third-order valence-electron chi connectivity index (χ3n) is 7.34. The third kappa shape index (κ3) is 8.94. The number of amides is 1. The number of aryl methyl sites for hydroxylation is 2. The second-order valence-electron chi connectivity index (χ2n) is 10.2. The number of carbonyl (C=O) groups is 1. The van der Waals surface area contributed by atoms with Gasteiger partial charge in [0.1, 0.15) is 11.6 Å². The Balaban J connectivity index is 0.00000139. The Labute approximate surface area is 272 Å². The Morgan fingerprint density at radius 2 is 1.85 bits per heavy atom. The number of ether oxygens (including phenoxy) is 2. The number of allylic oxidation sites excluding steroid dienone is 5. The molecule has 2 aromatic carbocycles. The van der Waals surface area contributed by atoms with Crippen molar-refractivity contribution >= 4 is 34.9 Å². The number of nitrogens with one attached hydrogen (secondary N) is 1. The summed E-state index contributed by atoms with van der Waals surface area (Å²) >= 11 is 0. The Bertz CT molecular complexity index is 1640. The number of aromatic nitrogens is 2. The van der Waals surface area contributed by atoms with E-state index < -0.39 is 0 Å². The fourth-order valence-corrected chi connectivity index (χ4v) is 5.10. The predicted octanol–water partition coefficient (Wildman–Crippen LogP) is 7.03. The predicted molar refractivity (Wildman–Crippen MR) is 186 cm³/mol. The van der Waals surface area contributed by atoms with E-state index in [4.69, 9.17) is 14.3 Å². The monoisotopic (exact) mass is 629 g/mol. The van der Waals surface area contributed by atoms with Crippen molar-refractivity contribution in [1.29, 1.82) is 0 Å². The molecule has 1 saturated heterocycles. The molecule has 10 heteroatoms. The minimum absolute atomic E-state index is 0.00912. The van der Waals surface area contributed by atoms with Gasteiger partial charge in [0, 0.05) is 25.2 Å². The van der Waals surface area contributed by atoms with Crippen molar-refractivity contribution in [3.05, 3.63) is 88.2 Å². The number of para-hydroxylation sites is 1. The van der Waals surface area contributed by atoms with Crippen LogP contribution in [0.4, 0.5) is 5.69 Å². The number of nitrogens with zero attached hydrogens (tertiary/aromatic N) is 4. The maximum absolute atomic E-state index is 13.2. The van der Waals surface area contributed by atoms with E-state index in [1.54, 1.807) is 28.7 Å². The van der Waals surface area contributed by atoms with Crippen molar-refractivity contribution in [2.24, 2.45) is 4.99 Å². The zero-order chi connectivity index (χ0) is 33.5. The number of hydrogen-bond acceptors (Lipinski definition) is 8. The van der Waals surface area contributed by atoms with Crippen molar-refractivity contribution < 1.29 is 19.1 Å². The van der Waals surface area contributed by atoms with Crippen LogP contribution < -0.4 is 20.6 Å². The SMILES string of the molecule is CC.CC.COc1cc(C)c(N=CC2CCCCN2C=O)cc1ONCOC1=CC=C(n2c(C)nc3ccccc3c2=O)C=CC1. The lowest BCUT2D eigenvalue weighted by Crippen LogP contribution is -2.39. The summed E-state index contributed by atoms with van der Waals surface area (Å²) in [5.74, 6) is 2.33. The number of piperidine rings is 1. The van der Waals surface area contributed by atoms with E-state index in [0.717, 1.165) is 43.5 Å². The first-order valence-corrected chi connectivity index (χ1v) is 16.0. The first kappa shape index (κ1) is 35.8. The molecule has 2 heterocycles. The molecule has 246 valence electrons. The van der Waals surface area contributed by atoms with Gasteiger partial charge in [0.05, 0.1) is 35.4 Å². The van der Waals surface area contributed by atoms with Gasteiger partial charge in [0.2, 0.25) is 6.41 Å². The first-order valence-electron chi connectivity index (χ1n) is 16.0. The largest absolute Gasteiger partial charge is 0.493 e. The van der Waals surface area contributed by atoms with Gasteiger partial charge in [-0.1, -0.05) is 45.9 Å². The summed E-state index contributed by atoms with van der Waals surface area (Å²) in [4.78, 5) is 41.4. The standard InChI is InChI=1S/C32H35N5O5.2C2H6/c1-22-17-30(40-3)31(18-29(22)33-19-25-9-6-7-16-36(25)21-38)42-34-20-41-26-11-8-10-24(14-15-26)37-23(2)35-28-13-5-4-12-27(28)32(37)39;2*1-2/h4-5,8,10,12-15,17-19,21,25,34H,6-7,9,11,16,20H2,1-3H3;2*1-2H3. The quantitative estimate of drug-likeness (QED) is 0.0844. The number of aliphatic imine (C=N–C) groups is 1. The Morgan fingerprint density at radius 3 is 2.61 bits per heavy atom. The van der Waals surface area contributed by atoms with Gasteiger partial charge in [-0.3, -0.25) is 19.1 Å². The van der Waals surface area contributed by atoms with E-state index in [2.05, 4.69) is 15.5 Å². The molecule has 1 fully saturated rings. The van der Waals surface area contributed by atoms with E-state index in [-0.39, 0.29) is 18.3 Å². The average molecular weight is 630 g/mol. The van der Waals surface area contributed by atoms with E-state index in [0.29, 0.717) is 46.1 Å². The lowest BCUT2D eigenvalue weighted by molar-refractivity contribution is -0.119. The third-order valence-corrected chi connectivity index (χ3v) is 7.34. The van der Waals surface area contributed by atoms with Gasteiger partial charge >= 0.3 is 0 Å². The second-order valence-corrected chi connectivity index (χ2v) is 10.2. The van der Waals surface area contributed by atoms with Crippen LogP contribution in [0.2, 0.25) is 0 Å². The van der Waals surface area contributed by atoms with E-state index in [1.165, 1.54) is 0 Å². The molecular formula is C36H47N5O5. The van der Waals surface area contributed by atoms with Crippen molar-refractivity contribution in [3.63, 3.8) is 0 Å². The number of likely N-dealkylation sites (tertiary alicyclic amines) is 1. The molecule has 0 spiro atoms. The molecule has 46 heavy (non-hydrogen) atoms. The molecule has 3 aromatic rings. The van der Waals surface area contributed by atoms with E-state index >= 15 is 0 Å². The molecule has 0 saturated carbocycles. The number of fused-ring (bicyclic) bond motifs is 1. The zero-order valence-electron chi connectivity index (χ0n) is 28.1. The summed E-state index contributed by atoms with van der Waals surface area (Å²) in [5, 5.41) is 0.570. The highest BCUT2D eigenvalue weighted by Crippen LogP contribution is 2.34. The summed E-state index contributed by atoms with van der Waals surface area (Å²) in [7, 11) is 1.58. The normalized spacial score (nSPS) is 15.9. The van der Waals surface area contributed by atoms with Crippen LogP contribution in [0, 0.1) is 13.8 Å². The number of benzene rings is 2. The smallest absolute Gasteiger partial charge is 0.265 e. The number of carbonyl (C=O) groups excluding carboxylic acids is 1. The molecular weight excluding hydrogens is 582 g/mol. The summed E-state index contributed by atoms with van der Waals surface area (Å²) < 4.78 is 13.0. The van der Waals surface area contributed by atoms with E-state index in [1.807, 2.05) is 96.3 Å². The molecule has 1 aromatic heterocycles. The van der Waals surface area contributed by atoms with E-state index in [9.17, 15) is 9.59 Å². The first-order chi connectivity index (χ1) is 22.5. The summed E-state index contributed by atoms with van der Waals surface area (Å²) in [6.45, 7) is 12.6. The van der Waals surface area contributed by atoms with Gasteiger partial charge in [-0.25, -0.2) is 4.98 Å². The van der Waals surface area contributed by atoms with Crippen molar-refractivity contribution in [3.8, 4) is 11.5 Å². The van der Waals surface area contributed by atoms with Crippen LogP contribution in [-0.4, -0.2) is 53.5 Å². The van der Waals surface area contributed by atoms with Crippen LogP contribution in [0.25, 0.3) is 16.6 Å². The van der Waals surface area contributed by atoms with Crippen LogP contribution in [0.3, 0.4) is 0 Å². The lowest BCUT2D eigenvalue weighted by Gasteiger charge is -2.29. The Morgan fingerprint density at radius 1 is 1.07 bits per heavy atom. The van der Waals surface area contributed by atoms with Gasteiger partial charge < -0.3 is 19.2 Å². The van der Waals surface area contributed by atoms with Crippen LogP contribution in [0.1, 0.15) is 64.8 Å². The summed E-state index contributed by atoms with van der Waals surface area (Å²) in [6, 6.07) is 11.0. The van der Waals surface area contributed by atoms with Crippen molar-refractivity contribution in [1.82, 2.24) is 19.9 Å². The Kier molecular flexibility index (Phi) is 14.2. The molecule has 1 aliphatic heterocycles. The Hall–Kier alpha value is -4.70. The number of methoxy groups -OCH3 is 1. The fraction of sp³-hybridized carbons (Fsp3) is 0.389. The van der Waals surface area contributed by atoms with Crippen molar-refractivity contribution in [2.45, 2.75) is 73.3 Å². The number of rotatable bonds is 10. The molecule has 1 N–H and O–H groups in total. The van der Waals surface area contributed by atoms with Gasteiger partial charge in [0.15, 0.2) is 18.2 Å². The summed E-state index contributed by atoms with van der Waals surface area (Å²) in [6.07, 6.45) is 13.8. The van der Waals surface area contributed by atoms with Crippen molar-refractivity contribution in [2.75, 3.05) is 20.4 Å². The van der Waals surface area contributed by atoms with Crippen LogP contribution in [0.5, 0.6) is 11.5 Å². The molecule has 2 aliphatic rings. The highest BCUT2D eigenvalue weighted by molar-refractivity contribution is 5.79. The van der Waals surface area contributed by atoms with Gasteiger partial charge in [-0.05, 0) is 75.1 Å². The molecule has 5 rings (SSSR count). The molecule has 1 atom stereocenters. The topological polar surface area (TPSA) is 107 Å². The lowest BCUT2D eigenvalue weighted by atomic mass is 10.0. The number of hydroxylamine groups is 1. The summed E-state index contributed by atoms with van der Waals surface area (Å²) in [5.41, 5.74) is 5.76. The maximum Gasteiger partial charge on any atom is 0.265 e. The maximum atomic E-state index is 13.2. The molecule has 1 aliphatic carbocycles. The van der Waals surface area contributed by atoms with Gasteiger partial charge in [0.25, 0.3) is 5.56 Å². The van der Waals surface area contributed by atoms with Crippen LogP contribution in [-0.2, 0) is 9.53 Å². The highest BCUT2D eigenvalue weighted by atomic mass is 16.7. The van der Waals surface area contributed by atoms with Gasteiger partial charge in [-0.2, -0.15) is 0 Å².